The number of hydrogen-bond acceptors (Lipinski definition) is 5. The summed E-state index contributed by atoms with van der Waals surface area (Å²) in [4.78, 5) is 38.0. The SMILES string of the molecule is CC(NC(=O)C(Cc1ccccc1)NS(=O)(=O)c1ccc2c(c1)c(=O)n(C)c(=O)n2C)c1ccccc1. The highest BCUT2D eigenvalue weighted by atomic mass is 32.2. The fraction of sp³-hybridized carbons (Fsp3) is 0.222. The minimum atomic E-state index is -4.22. The summed E-state index contributed by atoms with van der Waals surface area (Å²) in [6.45, 7) is 1.82. The average Bonchev–Trinajstić information content (AvgIpc) is 2.90. The number of nitrogens with zero attached hydrogens (tertiary/aromatic N) is 2. The Bertz CT molecular complexity index is 1660. The monoisotopic (exact) mass is 520 g/mol. The van der Waals surface area contributed by atoms with Crippen LogP contribution in [0, 0.1) is 0 Å². The molecule has 0 spiro atoms. The zero-order valence-corrected chi connectivity index (χ0v) is 21.5. The van der Waals surface area contributed by atoms with E-state index in [0.29, 0.717) is 5.52 Å². The van der Waals surface area contributed by atoms with Gasteiger partial charge in [-0.05, 0) is 42.7 Å². The van der Waals surface area contributed by atoms with Crippen LogP contribution in [-0.4, -0.2) is 29.5 Å². The van der Waals surface area contributed by atoms with Crippen molar-refractivity contribution in [3.63, 3.8) is 0 Å². The second-order valence-corrected chi connectivity index (χ2v) is 10.6. The van der Waals surface area contributed by atoms with E-state index in [4.69, 9.17) is 0 Å². The van der Waals surface area contributed by atoms with E-state index in [2.05, 4.69) is 10.0 Å². The van der Waals surface area contributed by atoms with Gasteiger partial charge in [-0.15, -0.1) is 0 Å². The maximum atomic E-state index is 13.4. The molecule has 0 aliphatic rings. The smallest absolute Gasteiger partial charge is 0.330 e. The molecule has 4 aromatic rings. The van der Waals surface area contributed by atoms with Gasteiger partial charge in [0.05, 0.1) is 21.8 Å². The molecule has 192 valence electrons. The molecule has 9 nitrogen and oxygen atoms in total. The molecule has 37 heavy (non-hydrogen) atoms. The van der Waals surface area contributed by atoms with E-state index < -0.39 is 33.2 Å². The molecule has 2 unspecified atom stereocenters. The van der Waals surface area contributed by atoms with Gasteiger partial charge >= 0.3 is 5.69 Å². The number of aryl methyl sites for hydroxylation is 1. The number of carbonyl (C=O) groups is 1. The van der Waals surface area contributed by atoms with Crippen LogP contribution in [0.25, 0.3) is 10.9 Å². The Balaban J connectivity index is 1.68. The Kier molecular flexibility index (Phi) is 7.42. The molecule has 0 saturated heterocycles. The number of amides is 1. The summed E-state index contributed by atoms with van der Waals surface area (Å²) in [6.07, 6.45) is 0.122. The van der Waals surface area contributed by atoms with E-state index in [1.54, 1.807) is 0 Å². The van der Waals surface area contributed by atoms with Crippen molar-refractivity contribution in [2.75, 3.05) is 0 Å². The van der Waals surface area contributed by atoms with Crippen LogP contribution in [0.2, 0.25) is 0 Å². The van der Waals surface area contributed by atoms with Crippen molar-refractivity contribution in [2.45, 2.75) is 30.3 Å². The minimum absolute atomic E-state index is 0.0780. The molecule has 3 aromatic carbocycles. The molecule has 1 heterocycles. The highest BCUT2D eigenvalue weighted by Gasteiger charge is 2.28. The molecule has 1 amide bonds. The summed E-state index contributed by atoms with van der Waals surface area (Å²) in [5, 5.41) is 2.97. The summed E-state index contributed by atoms with van der Waals surface area (Å²) in [5.41, 5.74) is 0.847. The number of benzene rings is 3. The normalized spacial score (nSPS) is 13.3. The average molecular weight is 521 g/mol. The van der Waals surface area contributed by atoms with E-state index in [9.17, 15) is 22.8 Å². The van der Waals surface area contributed by atoms with Crippen LogP contribution in [-0.2, 0) is 35.3 Å². The van der Waals surface area contributed by atoms with Gasteiger partial charge in [-0.3, -0.25) is 18.7 Å². The van der Waals surface area contributed by atoms with Crippen molar-refractivity contribution in [3.05, 3.63) is 111 Å². The lowest BCUT2D eigenvalue weighted by molar-refractivity contribution is -0.123. The van der Waals surface area contributed by atoms with Gasteiger partial charge in [0.15, 0.2) is 0 Å². The first-order valence-corrected chi connectivity index (χ1v) is 13.2. The molecule has 0 saturated carbocycles. The Labute approximate surface area is 214 Å². The minimum Gasteiger partial charge on any atom is -0.348 e. The zero-order chi connectivity index (χ0) is 26.7. The Morgan fingerprint density at radius 1 is 0.892 bits per heavy atom. The molecule has 0 aliphatic carbocycles. The van der Waals surface area contributed by atoms with Gasteiger partial charge in [0.2, 0.25) is 15.9 Å². The van der Waals surface area contributed by atoms with Crippen molar-refractivity contribution in [3.8, 4) is 0 Å². The number of carbonyl (C=O) groups excluding carboxylic acids is 1. The van der Waals surface area contributed by atoms with Crippen LogP contribution in [0.1, 0.15) is 24.1 Å². The lowest BCUT2D eigenvalue weighted by Gasteiger charge is -2.22. The third-order valence-electron chi connectivity index (χ3n) is 6.30. The van der Waals surface area contributed by atoms with Crippen LogP contribution < -0.4 is 21.3 Å². The van der Waals surface area contributed by atoms with E-state index in [1.807, 2.05) is 67.6 Å². The van der Waals surface area contributed by atoms with Gasteiger partial charge < -0.3 is 5.32 Å². The van der Waals surface area contributed by atoms with Crippen LogP contribution in [0.5, 0.6) is 0 Å². The van der Waals surface area contributed by atoms with Crippen molar-refractivity contribution < 1.29 is 13.2 Å². The molecular weight excluding hydrogens is 492 g/mol. The van der Waals surface area contributed by atoms with Crippen molar-refractivity contribution in [1.29, 1.82) is 0 Å². The van der Waals surface area contributed by atoms with Gasteiger partial charge in [-0.1, -0.05) is 60.7 Å². The standard InChI is InChI=1S/C27H28N4O5S/c1-18(20-12-8-5-9-13-20)28-25(32)23(16-19-10-6-4-7-11-19)29-37(35,36)21-14-15-24-22(17-21)26(33)31(3)27(34)30(24)2/h4-15,17-18,23,29H,16H2,1-3H3,(H,28,32). The summed E-state index contributed by atoms with van der Waals surface area (Å²) >= 11 is 0. The van der Waals surface area contributed by atoms with Crippen molar-refractivity contribution >= 4 is 26.8 Å². The largest absolute Gasteiger partial charge is 0.348 e. The first-order chi connectivity index (χ1) is 17.6. The van der Waals surface area contributed by atoms with Crippen molar-refractivity contribution in [1.82, 2.24) is 19.2 Å². The molecular formula is C27H28N4O5S. The van der Waals surface area contributed by atoms with Gasteiger partial charge in [0, 0.05) is 14.1 Å². The lowest BCUT2D eigenvalue weighted by atomic mass is 10.0. The Morgan fingerprint density at radius 3 is 2.16 bits per heavy atom. The molecule has 0 fully saturated rings. The second-order valence-electron chi connectivity index (χ2n) is 8.89. The number of nitrogens with one attached hydrogen (secondary N) is 2. The Hall–Kier alpha value is -4.02. The van der Waals surface area contributed by atoms with E-state index in [1.165, 1.54) is 36.9 Å². The molecule has 2 N–H and O–H groups in total. The maximum Gasteiger partial charge on any atom is 0.330 e. The third kappa shape index (κ3) is 5.55. The summed E-state index contributed by atoms with van der Waals surface area (Å²) < 4.78 is 31.5. The second kappa shape index (κ2) is 10.5. The zero-order valence-electron chi connectivity index (χ0n) is 20.7. The highest BCUT2D eigenvalue weighted by Crippen LogP contribution is 2.17. The fourth-order valence-electron chi connectivity index (χ4n) is 4.17. The van der Waals surface area contributed by atoms with Crippen LogP contribution in [0.4, 0.5) is 0 Å². The van der Waals surface area contributed by atoms with Gasteiger partial charge in [0.25, 0.3) is 5.56 Å². The number of hydrogen-bond donors (Lipinski definition) is 2. The first kappa shape index (κ1) is 26.1. The van der Waals surface area contributed by atoms with E-state index in [0.717, 1.165) is 15.7 Å². The van der Waals surface area contributed by atoms with Crippen molar-refractivity contribution in [2.24, 2.45) is 14.1 Å². The number of rotatable bonds is 8. The first-order valence-electron chi connectivity index (χ1n) is 11.7. The third-order valence-corrected chi connectivity index (χ3v) is 7.77. The van der Waals surface area contributed by atoms with E-state index in [-0.39, 0.29) is 22.7 Å². The predicted molar refractivity (Wildman–Crippen MR) is 142 cm³/mol. The number of fused-ring (bicyclic) bond motifs is 1. The molecule has 1 aromatic heterocycles. The number of aromatic nitrogens is 2. The molecule has 0 radical (unpaired) electrons. The summed E-state index contributed by atoms with van der Waals surface area (Å²) in [5.74, 6) is -0.483. The summed E-state index contributed by atoms with van der Waals surface area (Å²) in [6, 6.07) is 20.9. The quantitative estimate of drug-likeness (QED) is 0.368. The predicted octanol–water partition coefficient (Wildman–Crippen LogP) is 2.00. The van der Waals surface area contributed by atoms with E-state index >= 15 is 0 Å². The Morgan fingerprint density at radius 2 is 1.51 bits per heavy atom. The topological polar surface area (TPSA) is 119 Å². The fourth-order valence-corrected chi connectivity index (χ4v) is 5.39. The van der Waals surface area contributed by atoms with Crippen LogP contribution in [0.15, 0.2) is 93.3 Å². The highest BCUT2D eigenvalue weighted by molar-refractivity contribution is 7.89. The molecule has 0 bridgehead atoms. The molecule has 2 atom stereocenters. The van der Waals surface area contributed by atoms with Crippen LogP contribution in [0.3, 0.4) is 0 Å². The van der Waals surface area contributed by atoms with Crippen LogP contribution >= 0.6 is 0 Å². The number of sulfonamides is 1. The van der Waals surface area contributed by atoms with Gasteiger partial charge in [-0.25, -0.2) is 13.2 Å². The summed E-state index contributed by atoms with van der Waals surface area (Å²) in [7, 11) is -1.38. The van der Waals surface area contributed by atoms with Gasteiger partial charge in [-0.2, -0.15) is 4.72 Å². The lowest BCUT2D eigenvalue weighted by Crippen LogP contribution is -2.48. The maximum absolute atomic E-state index is 13.4. The molecule has 4 rings (SSSR count). The molecule has 10 heteroatoms. The van der Waals surface area contributed by atoms with Gasteiger partial charge in [0.1, 0.15) is 6.04 Å². The molecule has 0 aliphatic heterocycles.